The normalized spacial score (nSPS) is 10.5. The summed E-state index contributed by atoms with van der Waals surface area (Å²) in [6.45, 7) is -3.04. The number of hydrogen-bond donors (Lipinski definition) is 0. The molecule has 1 rings (SSSR count). The van der Waals surface area contributed by atoms with Crippen LogP contribution in [-0.2, 0) is 10.1 Å². The number of benzene rings is 1. The molecule has 0 atom stereocenters. The maximum absolute atomic E-state index is 12.2. The van der Waals surface area contributed by atoms with E-state index in [1.54, 1.807) is 0 Å². The number of hydrogen-bond acceptors (Lipinski definition) is 3. The number of alkyl halides is 3. The average Bonchev–Trinajstić information content (AvgIpc) is 2.26. The van der Waals surface area contributed by atoms with Crippen molar-refractivity contribution in [2.75, 3.05) is 7.11 Å². The fourth-order valence-corrected chi connectivity index (χ4v) is 1.94. The van der Waals surface area contributed by atoms with Gasteiger partial charge in [-0.05, 0) is 17.7 Å². The lowest BCUT2D eigenvalue weighted by Crippen LogP contribution is -2.11. The number of carbonyl (C=O) groups is 1. The molecule has 1 aromatic rings. The van der Waals surface area contributed by atoms with E-state index in [1.165, 1.54) is 6.07 Å². The highest BCUT2D eigenvalue weighted by Gasteiger charge is 2.21. The van der Waals surface area contributed by atoms with E-state index < -0.39 is 12.6 Å². The van der Waals surface area contributed by atoms with Gasteiger partial charge in [-0.15, -0.1) is 0 Å². The Morgan fingerprint density at radius 1 is 1.53 bits per heavy atom. The van der Waals surface area contributed by atoms with Crippen LogP contribution in [0.1, 0.15) is 15.9 Å². The van der Waals surface area contributed by atoms with Gasteiger partial charge in [-0.3, -0.25) is 0 Å². The van der Waals surface area contributed by atoms with Gasteiger partial charge in [0, 0.05) is 10.4 Å². The minimum Gasteiger partial charge on any atom is -0.465 e. The third-order valence-electron chi connectivity index (χ3n) is 1.90. The second-order valence-corrected chi connectivity index (χ2v) is 3.94. The summed E-state index contributed by atoms with van der Waals surface area (Å²) in [6, 6.07) is 2.62. The average molecular weight is 330 g/mol. The summed E-state index contributed by atoms with van der Waals surface area (Å²) in [5.74, 6) is -1.06. The van der Waals surface area contributed by atoms with Gasteiger partial charge in [-0.2, -0.15) is 8.78 Å². The minimum atomic E-state index is -3.04. The minimum absolute atomic E-state index is 0.0610. The molecule has 0 aliphatic heterocycles. The predicted octanol–water partition coefficient (Wildman–Crippen LogP) is 3.62. The molecular weight excluding hydrogens is 321 g/mol. The highest BCUT2D eigenvalue weighted by atomic mass is 79.9. The largest absolute Gasteiger partial charge is 0.465 e. The first kappa shape index (κ1) is 14.2. The fraction of sp³-hybridized carbons (Fsp3) is 0.300. The quantitative estimate of drug-likeness (QED) is 0.625. The summed E-state index contributed by atoms with van der Waals surface area (Å²) in [5.41, 5.74) is 0.356. The van der Waals surface area contributed by atoms with Gasteiger partial charge in [0.2, 0.25) is 0 Å². The molecule has 0 unspecified atom stereocenters. The Morgan fingerprint density at radius 3 is 2.65 bits per heavy atom. The van der Waals surface area contributed by atoms with Crippen molar-refractivity contribution < 1.29 is 23.0 Å². The molecule has 0 bridgehead atoms. The zero-order valence-electron chi connectivity index (χ0n) is 8.68. The molecule has 0 aliphatic rings. The van der Waals surface area contributed by atoms with Crippen molar-refractivity contribution in [1.82, 2.24) is 0 Å². The van der Waals surface area contributed by atoms with Crippen molar-refractivity contribution in [3.63, 3.8) is 0 Å². The Balaban J connectivity index is 3.33. The molecule has 0 aromatic heterocycles. The number of carbonyl (C=O) groups excluding carboxylic acids is 1. The number of ether oxygens (including phenoxy) is 2. The van der Waals surface area contributed by atoms with E-state index in [-0.39, 0.29) is 21.7 Å². The Kier molecular flexibility index (Phi) is 5.14. The Bertz CT molecular complexity index is 426. The maximum Gasteiger partial charge on any atom is 0.387 e. The first-order valence-electron chi connectivity index (χ1n) is 4.41. The summed E-state index contributed by atoms with van der Waals surface area (Å²) in [7, 11) is 1.15. The molecular formula is C10H8BrClF2O3. The van der Waals surface area contributed by atoms with Gasteiger partial charge in [0.1, 0.15) is 11.3 Å². The van der Waals surface area contributed by atoms with Crippen LogP contribution in [0.25, 0.3) is 0 Å². The molecule has 0 aliphatic carbocycles. The monoisotopic (exact) mass is 328 g/mol. The van der Waals surface area contributed by atoms with Gasteiger partial charge < -0.3 is 9.47 Å². The molecule has 7 heteroatoms. The van der Waals surface area contributed by atoms with Gasteiger partial charge in [0.15, 0.2) is 0 Å². The van der Waals surface area contributed by atoms with Crippen LogP contribution in [0, 0.1) is 0 Å². The molecule has 0 amide bonds. The van der Waals surface area contributed by atoms with E-state index in [9.17, 15) is 13.6 Å². The van der Waals surface area contributed by atoms with Crippen LogP contribution in [0.3, 0.4) is 0 Å². The molecule has 0 heterocycles. The highest BCUT2D eigenvalue weighted by Crippen LogP contribution is 2.30. The van der Waals surface area contributed by atoms with Crippen molar-refractivity contribution >= 4 is 33.5 Å². The van der Waals surface area contributed by atoms with Crippen molar-refractivity contribution in [2.24, 2.45) is 0 Å². The number of esters is 1. The van der Waals surface area contributed by atoms with Crippen LogP contribution in [-0.4, -0.2) is 19.7 Å². The summed E-state index contributed by atoms with van der Waals surface area (Å²) < 4.78 is 33.2. The molecule has 3 nitrogen and oxygen atoms in total. The van der Waals surface area contributed by atoms with Crippen LogP contribution in [0.4, 0.5) is 8.78 Å². The number of halogens is 4. The molecule has 0 radical (unpaired) electrons. The predicted molar refractivity (Wildman–Crippen MR) is 62.1 cm³/mol. The molecule has 0 fully saturated rings. The maximum atomic E-state index is 12.2. The Hall–Kier alpha value is -0.880. The molecule has 0 spiro atoms. The van der Waals surface area contributed by atoms with Crippen LogP contribution < -0.4 is 4.74 Å². The van der Waals surface area contributed by atoms with E-state index >= 15 is 0 Å². The molecule has 1 aromatic carbocycles. The lowest BCUT2D eigenvalue weighted by molar-refractivity contribution is -0.0504. The van der Waals surface area contributed by atoms with Gasteiger partial charge in [-0.25, -0.2) is 4.79 Å². The molecule has 17 heavy (non-hydrogen) atoms. The fourth-order valence-electron chi connectivity index (χ4n) is 1.26. The third kappa shape index (κ3) is 3.54. The lowest BCUT2D eigenvalue weighted by atomic mass is 10.1. The summed E-state index contributed by atoms with van der Waals surface area (Å²) >= 11 is 8.87. The van der Waals surface area contributed by atoms with Gasteiger partial charge in [0.25, 0.3) is 0 Å². The number of methoxy groups -OCH3 is 1. The van der Waals surface area contributed by atoms with Crippen molar-refractivity contribution in [1.29, 1.82) is 0 Å². The number of rotatable bonds is 4. The standard InChI is InChI=1S/C10H8BrClF2O3/c1-16-9(15)8-5(4-11)2-6(12)3-7(8)17-10(13)14/h2-3,10H,4H2,1H3. The van der Waals surface area contributed by atoms with E-state index in [0.717, 1.165) is 13.2 Å². The van der Waals surface area contributed by atoms with Crippen LogP contribution in [0.2, 0.25) is 5.02 Å². The van der Waals surface area contributed by atoms with Crippen molar-refractivity contribution in [3.05, 3.63) is 28.3 Å². The smallest absolute Gasteiger partial charge is 0.387 e. The first-order valence-corrected chi connectivity index (χ1v) is 5.91. The highest BCUT2D eigenvalue weighted by molar-refractivity contribution is 9.08. The van der Waals surface area contributed by atoms with Crippen molar-refractivity contribution in [3.8, 4) is 5.75 Å². The van der Waals surface area contributed by atoms with Crippen LogP contribution in [0.15, 0.2) is 12.1 Å². The first-order chi connectivity index (χ1) is 7.99. The van der Waals surface area contributed by atoms with E-state index in [0.29, 0.717) is 5.56 Å². The van der Waals surface area contributed by atoms with Gasteiger partial charge in [0.05, 0.1) is 7.11 Å². The molecule has 94 valence electrons. The molecule has 0 saturated carbocycles. The van der Waals surface area contributed by atoms with Gasteiger partial charge >= 0.3 is 12.6 Å². The Labute approximate surface area is 110 Å². The van der Waals surface area contributed by atoms with Gasteiger partial charge in [-0.1, -0.05) is 27.5 Å². The summed E-state index contributed by atoms with van der Waals surface area (Å²) in [6.07, 6.45) is 0. The zero-order valence-corrected chi connectivity index (χ0v) is 11.0. The lowest BCUT2D eigenvalue weighted by Gasteiger charge is -2.13. The van der Waals surface area contributed by atoms with E-state index in [4.69, 9.17) is 11.6 Å². The van der Waals surface area contributed by atoms with Crippen molar-refractivity contribution in [2.45, 2.75) is 11.9 Å². The molecule has 0 saturated heterocycles. The molecule has 0 N–H and O–H groups in total. The van der Waals surface area contributed by atoms with E-state index in [1.807, 2.05) is 0 Å². The van der Waals surface area contributed by atoms with Crippen LogP contribution >= 0.6 is 27.5 Å². The topological polar surface area (TPSA) is 35.5 Å². The second kappa shape index (κ2) is 6.16. The summed E-state index contributed by atoms with van der Waals surface area (Å²) in [4.78, 5) is 11.5. The second-order valence-electron chi connectivity index (χ2n) is 2.94. The Morgan fingerprint density at radius 2 is 2.18 bits per heavy atom. The third-order valence-corrected chi connectivity index (χ3v) is 2.72. The SMILES string of the molecule is COC(=O)c1c(CBr)cc(Cl)cc1OC(F)F. The summed E-state index contributed by atoms with van der Waals surface area (Å²) in [5, 5.41) is 0.458. The van der Waals surface area contributed by atoms with E-state index in [2.05, 4.69) is 25.4 Å². The zero-order chi connectivity index (χ0) is 13.0. The van der Waals surface area contributed by atoms with Crippen LogP contribution in [0.5, 0.6) is 5.75 Å².